The van der Waals surface area contributed by atoms with Crippen LogP contribution in [0.15, 0.2) is 24.3 Å². The molecule has 150 valence electrons. The predicted molar refractivity (Wildman–Crippen MR) is 105 cm³/mol. The van der Waals surface area contributed by atoms with Crippen molar-refractivity contribution in [3.63, 3.8) is 0 Å². The molecule has 0 radical (unpaired) electrons. The van der Waals surface area contributed by atoms with Crippen LogP contribution in [0.5, 0.6) is 0 Å². The summed E-state index contributed by atoms with van der Waals surface area (Å²) in [5.41, 5.74) is -0.434. The number of nitrogens with one attached hydrogen (secondary N) is 1. The molecule has 2 unspecified atom stereocenters. The van der Waals surface area contributed by atoms with E-state index in [1.165, 1.54) is 12.1 Å². The average molecular weight is 378 g/mol. The number of rotatable bonds is 6. The van der Waals surface area contributed by atoms with Crippen LogP contribution in [-0.4, -0.2) is 63.2 Å². The Balaban J connectivity index is 2.13. The molecular formula is C19H30N4O4. The number of carbonyl (C=O) groups excluding carboxylic acids is 1. The van der Waals surface area contributed by atoms with E-state index >= 15 is 0 Å². The second-order valence-corrected chi connectivity index (χ2v) is 7.76. The number of amides is 2. The second-order valence-electron chi connectivity index (χ2n) is 7.76. The topological polar surface area (TPSA) is 99.0 Å². The van der Waals surface area contributed by atoms with Gasteiger partial charge in [0.1, 0.15) is 0 Å². The molecule has 0 bridgehead atoms. The number of β-amino-alcohol motifs (C(OH)–C–C–N with tert-alkyl or cyclic N) is 1. The molecule has 0 saturated carbocycles. The van der Waals surface area contributed by atoms with Crippen molar-refractivity contribution in [3.8, 4) is 0 Å². The molecule has 1 aliphatic rings. The van der Waals surface area contributed by atoms with E-state index < -0.39 is 10.5 Å². The number of non-ortho nitro benzene ring substituents is 1. The fraction of sp³-hybridized carbons (Fsp3) is 0.632. The molecule has 8 nitrogen and oxygen atoms in total. The van der Waals surface area contributed by atoms with E-state index in [2.05, 4.69) is 17.1 Å². The molecule has 2 amide bonds. The van der Waals surface area contributed by atoms with Gasteiger partial charge in [-0.2, -0.15) is 0 Å². The lowest BCUT2D eigenvalue weighted by Crippen LogP contribution is -2.62. The maximum atomic E-state index is 12.8. The predicted octanol–water partition coefficient (Wildman–Crippen LogP) is 3.07. The van der Waals surface area contributed by atoms with Crippen LogP contribution in [0.2, 0.25) is 0 Å². The summed E-state index contributed by atoms with van der Waals surface area (Å²) < 4.78 is 0. The first kappa shape index (κ1) is 21.1. The second kappa shape index (κ2) is 8.67. The number of urea groups is 1. The van der Waals surface area contributed by atoms with Crippen molar-refractivity contribution in [1.29, 1.82) is 0 Å². The fourth-order valence-electron chi connectivity index (χ4n) is 3.58. The van der Waals surface area contributed by atoms with Gasteiger partial charge in [0.2, 0.25) is 0 Å². The van der Waals surface area contributed by atoms with Gasteiger partial charge in [-0.1, -0.05) is 19.9 Å². The molecule has 27 heavy (non-hydrogen) atoms. The van der Waals surface area contributed by atoms with Gasteiger partial charge in [0.15, 0.2) is 0 Å². The summed E-state index contributed by atoms with van der Waals surface area (Å²) in [6, 6.07) is 5.90. The Morgan fingerprint density at radius 3 is 2.52 bits per heavy atom. The minimum atomic E-state index is -0.793. The van der Waals surface area contributed by atoms with Crippen molar-refractivity contribution in [2.75, 3.05) is 25.0 Å². The van der Waals surface area contributed by atoms with E-state index in [0.717, 1.165) is 12.8 Å². The van der Waals surface area contributed by atoms with Crippen LogP contribution in [-0.2, 0) is 0 Å². The highest BCUT2D eigenvalue weighted by Gasteiger charge is 2.36. The van der Waals surface area contributed by atoms with Crippen LogP contribution >= 0.6 is 0 Å². The lowest BCUT2D eigenvalue weighted by molar-refractivity contribution is -0.384. The van der Waals surface area contributed by atoms with Crippen molar-refractivity contribution in [3.05, 3.63) is 34.4 Å². The van der Waals surface area contributed by atoms with Crippen LogP contribution in [0.1, 0.15) is 40.5 Å². The van der Waals surface area contributed by atoms with Crippen molar-refractivity contribution >= 4 is 17.4 Å². The third-order valence-corrected chi connectivity index (χ3v) is 4.91. The first-order valence-electron chi connectivity index (χ1n) is 9.43. The van der Waals surface area contributed by atoms with E-state index in [-0.39, 0.29) is 23.8 Å². The van der Waals surface area contributed by atoms with E-state index in [1.54, 1.807) is 26.0 Å². The van der Waals surface area contributed by atoms with E-state index in [4.69, 9.17) is 0 Å². The minimum Gasteiger partial charge on any atom is -0.389 e. The van der Waals surface area contributed by atoms with Gasteiger partial charge in [0.05, 0.1) is 10.5 Å². The summed E-state index contributed by atoms with van der Waals surface area (Å²) in [4.78, 5) is 27.4. The molecule has 1 heterocycles. The molecule has 0 aliphatic carbocycles. The zero-order chi connectivity index (χ0) is 20.2. The van der Waals surface area contributed by atoms with Crippen molar-refractivity contribution < 1.29 is 14.8 Å². The molecule has 2 rings (SSSR count). The number of aliphatic hydroxyl groups is 1. The van der Waals surface area contributed by atoms with Crippen LogP contribution in [0.4, 0.5) is 16.2 Å². The monoisotopic (exact) mass is 378 g/mol. The quantitative estimate of drug-likeness (QED) is 0.585. The summed E-state index contributed by atoms with van der Waals surface area (Å²) in [5.74, 6) is 0. The standard InChI is InChI=1S/C19H30N4O4/c1-5-15-12-22(16(6-2)11-21(15)13-19(3,4)25)18(24)20-14-8-7-9-17(10-14)23(26)27/h7-10,15-16,25H,5-6,11-13H2,1-4H3,(H,20,24). The number of nitro benzene ring substituents is 1. The van der Waals surface area contributed by atoms with E-state index in [1.807, 2.05) is 11.8 Å². The molecular weight excluding hydrogens is 348 g/mol. The fourth-order valence-corrected chi connectivity index (χ4v) is 3.58. The van der Waals surface area contributed by atoms with Gasteiger partial charge in [0, 0.05) is 49.5 Å². The van der Waals surface area contributed by atoms with Crippen LogP contribution in [0.25, 0.3) is 0 Å². The van der Waals surface area contributed by atoms with Crippen molar-refractivity contribution in [2.45, 2.75) is 58.2 Å². The van der Waals surface area contributed by atoms with E-state index in [9.17, 15) is 20.0 Å². The number of anilines is 1. The Hall–Kier alpha value is -2.19. The number of hydrogen-bond donors (Lipinski definition) is 2. The number of carbonyl (C=O) groups is 1. The third kappa shape index (κ3) is 5.64. The average Bonchev–Trinajstić information content (AvgIpc) is 2.60. The third-order valence-electron chi connectivity index (χ3n) is 4.91. The molecule has 2 atom stereocenters. The van der Waals surface area contributed by atoms with Gasteiger partial charge in [-0.05, 0) is 32.8 Å². The zero-order valence-corrected chi connectivity index (χ0v) is 16.5. The smallest absolute Gasteiger partial charge is 0.322 e. The van der Waals surface area contributed by atoms with Crippen LogP contribution in [0, 0.1) is 10.1 Å². The van der Waals surface area contributed by atoms with Gasteiger partial charge >= 0.3 is 6.03 Å². The van der Waals surface area contributed by atoms with Crippen LogP contribution in [0.3, 0.4) is 0 Å². The van der Waals surface area contributed by atoms with Gasteiger partial charge in [-0.15, -0.1) is 0 Å². The maximum absolute atomic E-state index is 12.8. The van der Waals surface area contributed by atoms with Crippen molar-refractivity contribution in [2.24, 2.45) is 0 Å². The minimum absolute atomic E-state index is 0.0221. The van der Waals surface area contributed by atoms with E-state index in [0.29, 0.717) is 25.3 Å². The zero-order valence-electron chi connectivity index (χ0n) is 16.5. The number of hydrogen-bond acceptors (Lipinski definition) is 5. The molecule has 1 aromatic rings. The summed E-state index contributed by atoms with van der Waals surface area (Å²) in [6.07, 6.45) is 1.66. The Morgan fingerprint density at radius 1 is 1.30 bits per heavy atom. The first-order chi connectivity index (χ1) is 12.6. The Kier molecular flexibility index (Phi) is 6.78. The molecule has 0 aromatic heterocycles. The summed E-state index contributed by atoms with van der Waals surface area (Å²) in [5, 5.41) is 23.9. The van der Waals surface area contributed by atoms with Gasteiger partial charge < -0.3 is 15.3 Å². The van der Waals surface area contributed by atoms with Crippen LogP contribution < -0.4 is 5.32 Å². The highest BCUT2D eigenvalue weighted by atomic mass is 16.6. The Bertz CT molecular complexity index is 674. The highest BCUT2D eigenvalue weighted by Crippen LogP contribution is 2.24. The normalized spacial score (nSPS) is 21.1. The van der Waals surface area contributed by atoms with Crippen molar-refractivity contribution in [1.82, 2.24) is 9.80 Å². The number of nitrogens with zero attached hydrogens (tertiary/aromatic N) is 3. The maximum Gasteiger partial charge on any atom is 0.322 e. The molecule has 1 saturated heterocycles. The molecule has 1 fully saturated rings. The van der Waals surface area contributed by atoms with Gasteiger partial charge in [-0.25, -0.2) is 4.79 Å². The van der Waals surface area contributed by atoms with Gasteiger partial charge in [0.25, 0.3) is 5.69 Å². The Labute approximate surface area is 160 Å². The summed E-state index contributed by atoms with van der Waals surface area (Å²) in [6.45, 7) is 9.51. The molecule has 2 N–H and O–H groups in total. The Morgan fingerprint density at radius 2 is 1.96 bits per heavy atom. The number of benzene rings is 1. The summed E-state index contributed by atoms with van der Waals surface area (Å²) in [7, 11) is 0. The van der Waals surface area contributed by atoms with Gasteiger partial charge in [-0.3, -0.25) is 15.0 Å². The number of piperazine rings is 1. The molecule has 8 heteroatoms. The summed E-state index contributed by atoms with van der Waals surface area (Å²) >= 11 is 0. The highest BCUT2D eigenvalue weighted by molar-refractivity contribution is 5.90. The lowest BCUT2D eigenvalue weighted by atomic mass is 10.00. The molecule has 1 aliphatic heterocycles. The molecule has 0 spiro atoms. The largest absolute Gasteiger partial charge is 0.389 e. The molecule has 1 aromatic carbocycles. The lowest BCUT2D eigenvalue weighted by Gasteiger charge is -2.47. The number of nitro groups is 1. The first-order valence-corrected chi connectivity index (χ1v) is 9.43. The SMILES string of the molecule is CCC1CN(C(=O)Nc2cccc([N+](=O)[O-])c2)C(CC)CN1CC(C)(C)O.